The number of carbonyl (C=O) groups is 1. The number of rotatable bonds is 7. The lowest BCUT2D eigenvalue weighted by molar-refractivity contribution is -0.137. The molecule has 0 bridgehead atoms. The van der Waals surface area contributed by atoms with Crippen molar-refractivity contribution in [1.29, 1.82) is 0 Å². The molecule has 0 radical (unpaired) electrons. The number of amides is 1. The Morgan fingerprint density at radius 2 is 1.82 bits per heavy atom. The number of hydrogen-bond donors (Lipinski definition) is 0. The number of cyclic esters (lactones) is 1. The maximum absolute atomic E-state index is 13.5. The Morgan fingerprint density at radius 3 is 2.48 bits per heavy atom. The highest BCUT2D eigenvalue weighted by Gasteiger charge is 2.41. The lowest BCUT2D eigenvalue weighted by Gasteiger charge is -2.36. The number of alkyl halides is 3. The summed E-state index contributed by atoms with van der Waals surface area (Å²) < 4.78 is 48.0. The van der Waals surface area contributed by atoms with Gasteiger partial charge in [0.15, 0.2) is 0 Å². The summed E-state index contributed by atoms with van der Waals surface area (Å²) in [6, 6.07) is 5.79. The van der Waals surface area contributed by atoms with E-state index in [4.69, 9.17) is 9.72 Å². The van der Waals surface area contributed by atoms with E-state index in [-0.39, 0.29) is 6.54 Å². The van der Waals surface area contributed by atoms with Crippen molar-refractivity contribution in [2.45, 2.75) is 83.8 Å². The number of anilines is 1. The van der Waals surface area contributed by atoms with Crippen LogP contribution >= 0.6 is 0 Å². The fraction of sp³-hybridized carbons (Fsp3) is 0.500. The number of hydrogen-bond acceptors (Lipinski definition) is 5. The largest absolute Gasteiger partial charge is 0.439 e. The summed E-state index contributed by atoms with van der Waals surface area (Å²) in [5.74, 6) is 0.834. The van der Waals surface area contributed by atoms with Gasteiger partial charge in [0.25, 0.3) is 0 Å². The monoisotopic (exact) mass is 555 g/mol. The minimum atomic E-state index is -4.48. The van der Waals surface area contributed by atoms with Crippen LogP contribution in [-0.2, 0) is 24.5 Å². The van der Waals surface area contributed by atoms with Crippen molar-refractivity contribution in [2.24, 2.45) is 7.05 Å². The predicted octanol–water partition coefficient (Wildman–Crippen LogP) is 7.05. The Hall–Kier alpha value is -3.56. The topological polar surface area (TPSA) is 63.5 Å². The number of pyridine rings is 1. The molecule has 2 aromatic heterocycles. The van der Waals surface area contributed by atoms with Crippen LogP contribution in [0, 0.1) is 6.92 Å². The molecule has 3 heterocycles. The molecule has 1 aliphatic carbocycles. The molecule has 0 N–H and O–H groups in total. The average molecular weight is 556 g/mol. The first-order valence-corrected chi connectivity index (χ1v) is 14.0. The van der Waals surface area contributed by atoms with Crippen molar-refractivity contribution in [2.75, 3.05) is 11.4 Å². The maximum Gasteiger partial charge on any atom is 0.416 e. The zero-order chi connectivity index (χ0) is 28.6. The Labute approximate surface area is 232 Å². The molecule has 214 valence electrons. The molecule has 40 heavy (non-hydrogen) atoms. The Bertz CT molecular complexity index is 1370. The molecular weight excluding hydrogens is 519 g/mol. The van der Waals surface area contributed by atoms with E-state index >= 15 is 0 Å². The Kier molecular flexibility index (Phi) is 7.79. The van der Waals surface area contributed by atoms with Crippen molar-refractivity contribution in [3.63, 3.8) is 0 Å². The van der Waals surface area contributed by atoms with Crippen LogP contribution in [0.25, 0.3) is 11.1 Å². The van der Waals surface area contributed by atoms with Gasteiger partial charge in [-0.3, -0.25) is 9.58 Å². The first kappa shape index (κ1) is 28.0. The molecule has 5 rings (SSSR count). The van der Waals surface area contributed by atoms with Gasteiger partial charge in [0.05, 0.1) is 24.3 Å². The number of aromatic nitrogens is 3. The molecule has 2 aliphatic rings. The minimum absolute atomic E-state index is 0.230. The van der Waals surface area contributed by atoms with E-state index in [0.717, 1.165) is 54.0 Å². The standard InChI is InChI=1S/C30H36F3N5O2/c1-5-37(26-9-7-6-8-10-26)28-23(13-22(15-34-28)24-16-35-36(4)17-24)18-38-20(3)27(40-29(38)39)21-11-19(2)12-25(14-21)30(31,32)33/h11-17,20,26-27H,5-10,18H2,1-4H3/t20-,27-/m0/s1. The fourth-order valence-corrected chi connectivity index (χ4v) is 6.06. The third-order valence-corrected chi connectivity index (χ3v) is 8.10. The van der Waals surface area contributed by atoms with E-state index in [2.05, 4.69) is 16.9 Å². The van der Waals surface area contributed by atoms with Gasteiger partial charge in [-0.05, 0) is 57.4 Å². The van der Waals surface area contributed by atoms with Crippen molar-refractivity contribution in [1.82, 2.24) is 19.7 Å². The molecule has 1 saturated carbocycles. The third-order valence-electron chi connectivity index (χ3n) is 8.10. The second kappa shape index (κ2) is 11.1. The zero-order valence-electron chi connectivity index (χ0n) is 23.4. The van der Waals surface area contributed by atoms with Crippen LogP contribution < -0.4 is 4.90 Å². The van der Waals surface area contributed by atoms with Crippen molar-refractivity contribution in [3.8, 4) is 11.1 Å². The smallest absolute Gasteiger partial charge is 0.416 e. The predicted molar refractivity (Wildman–Crippen MR) is 147 cm³/mol. The Morgan fingerprint density at radius 1 is 1.07 bits per heavy atom. The normalized spacial score (nSPS) is 20.2. The molecule has 1 saturated heterocycles. The van der Waals surface area contributed by atoms with E-state index in [1.807, 2.05) is 32.4 Å². The van der Waals surface area contributed by atoms with Crippen LogP contribution in [-0.4, -0.2) is 44.4 Å². The number of carbonyl (C=O) groups excluding carboxylic acids is 1. The quantitative estimate of drug-likeness (QED) is 0.313. The van der Waals surface area contributed by atoms with Gasteiger partial charge >= 0.3 is 12.3 Å². The van der Waals surface area contributed by atoms with Crippen LogP contribution in [0.4, 0.5) is 23.8 Å². The molecule has 1 aliphatic heterocycles. The molecule has 1 amide bonds. The average Bonchev–Trinajstić information content (AvgIpc) is 3.48. The molecule has 0 spiro atoms. The second-order valence-electron chi connectivity index (χ2n) is 11.0. The molecule has 2 atom stereocenters. The van der Waals surface area contributed by atoms with Crippen molar-refractivity contribution >= 4 is 11.9 Å². The molecule has 1 aromatic carbocycles. The summed E-state index contributed by atoms with van der Waals surface area (Å²) in [4.78, 5) is 22.0. The van der Waals surface area contributed by atoms with Crippen LogP contribution in [0.5, 0.6) is 0 Å². The van der Waals surface area contributed by atoms with Gasteiger partial charge in [-0.1, -0.05) is 30.9 Å². The molecule has 10 heteroatoms. The molecular formula is C30H36F3N5O2. The third kappa shape index (κ3) is 5.67. The molecule has 3 aromatic rings. The van der Waals surface area contributed by atoms with Gasteiger partial charge in [-0.2, -0.15) is 18.3 Å². The van der Waals surface area contributed by atoms with Gasteiger partial charge in [0.1, 0.15) is 11.9 Å². The number of benzene rings is 1. The summed E-state index contributed by atoms with van der Waals surface area (Å²) in [5, 5.41) is 4.29. The number of ether oxygens (including phenoxy) is 1. The van der Waals surface area contributed by atoms with Gasteiger partial charge in [0.2, 0.25) is 0 Å². The highest BCUT2D eigenvalue weighted by molar-refractivity contribution is 5.72. The van der Waals surface area contributed by atoms with Gasteiger partial charge in [-0.15, -0.1) is 0 Å². The van der Waals surface area contributed by atoms with Gasteiger partial charge in [-0.25, -0.2) is 9.78 Å². The van der Waals surface area contributed by atoms with Crippen molar-refractivity contribution < 1.29 is 22.7 Å². The van der Waals surface area contributed by atoms with E-state index in [0.29, 0.717) is 17.2 Å². The minimum Gasteiger partial charge on any atom is -0.439 e. The van der Waals surface area contributed by atoms with E-state index in [1.54, 1.807) is 28.8 Å². The van der Waals surface area contributed by atoms with Crippen LogP contribution in [0.2, 0.25) is 0 Å². The molecule has 0 unspecified atom stereocenters. The first-order valence-electron chi connectivity index (χ1n) is 14.0. The van der Waals surface area contributed by atoms with E-state index in [9.17, 15) is 18.0 Å². The van der Waals surface area contributed by atoms with E-state index < -0.39 is 30.0 Å². The number of halogens is 3. The second-order valence-corrected chi connectivity index (χ2v) is 11.0. The van der Waals surface area contributed by atoms with Gasteiger partial charge < -0.3 is 9.64 Å². The van der Waals surface area contributed by atoms with Crippen LogP contribution in [0.15, 0.2) is 42.9 Å². The number of aryl methyl sites for hydroxylation is 2. The first-order chi connectivity index (χ1) is 19.0. The summed E-state index contributed by atoms with van der Waals surface area (Å²) in [7, 11) is 1.85. The summed E-state index contributed by atoms with van der Waals surface area (Å²) in [6.45, 7) is 6.57. The summed E-state index contributed by atoms with van der Waals surface area (Å²) in [6.07, 6.45) is 5.48. The lowest BCUT2D eigenvalue weighted by atomic mass is 9.93. The summed E-state index contributed by atoms with van der Waals surface area (Å²) >= 11 is 0. The molecule has 2 fully saturated rings. The van der Waals surface area contributed by atoms with Gasteiger partial charge in [0, 0.05) is 48.7 Å². The van der Waals surface area contributed by atoms with Crippen molar-refractivity contribution in [3.05, 3.63) is 65.1 Å². The molecule has 7 nitrogen and oxygen atoms in total. The zero-order valence-corrected chi connectivity index (χ0v) is 23.4. The Balaban J connectivity index is 1.49. The van der Waals surface area contributed by atoms with Crippen LogP contribution in [0.3, 0.4) is 0 Å². The van der Waals surface area contributed by atoms with Crippen LogP contribution in [0.1, 0.15) is 74.3 Å². The maximum atomic E-state index is 13.5. The highest BCUT2D eigenvalue weighted by Crippen LogP contribution is 2.39. The highest BCUT2D eigenvalue weighted by atomic mass is 19.4. The number of nitrogens with zero attached hydrogens (tertiary/aromatic N) is 5. The lowest BCUT2D eigenvalue weighted by Crippen LogP contribution is -2.39. The SMILES string of the molecule is CCN(c1ncc(-c2cnn(C)c2)cc1CN1C(=O)O[C@H](c2cc(C)cc(C(F)(F)F)c2)[C@@H]1C)C1CCCCC1. The fourth-order valence-electron chi connectivity index (χ4n) is 6.06. The van der Waals surface area contributed by atoms with E-state index in [1.165, 1.54) is 19.3 Å². The summed E-state index contributed by atoms with van der Waals surface area (Å²) in [5.41, 5.74) is 2.74.